The van der Waals surface area contributed by atoms with Gasteiger partial charge in [-0.05, 0) is 24.3 Å². The number of nitrogens with zero attached hydrogens (tertiary/aromatic N) is 1. The number of rotatable bonds is 3. The zero-order valence-corrected chi connectivity index (χ0v) is 9.36. The summed E-state index contributed by atoms with van der Waals surface area (Å²) in [5.74, 6) is 0. The summed E-state index contributed by atoms with van der Waals surface area (Å²) in [5, 5.41) is 0. The van der Waals surface area contributed by atoms with Gasteiger partial charge in [-0.1, -0.05) is 36.4 Å². The number of para-hydroxylation sites is 2. The molecule has 0 aromatic heterocycles. The van der Waals surface area contributed by atoms with Crippen LogP contribution < -0.4 is 4.57 Å². The summed E-state index contributed by atoms with van der Waals surface area (Å²) in [4.78, 5) is 0. The second kappa shape index (κ2) is 4.66. The van der Waals surface area contributed by atoms with Gasteiger partial charge in [0.15, 0.2) is 0 Å². The lowest BCUT2D eigenvalue weighted by Crippen LogP contribution is -2.15. The smallest absolute Gasteiger partial charge is 0.363 e. The Bertz CT molecular complexity index is 390. The van der Waals surface area contributed by atoms with Gasteiger partial charge in [-0.25, -0.2) is 0 Å². The Kier molecular flexibility index (Phi) is 3.04. The molecule has 2 nitrogen and oxygen atoms in total. The van der Waals surface area contributed by atoms with Crippen LogP contribution in [0.1, 0.15) is 0 Å². The monoisotopic (exact) mass is 213 g/mol. The Labute approximate surface area is 91.1 Å². The van der Waals surface area contributed by atoms with E-state index in [1.807, 2.05) is 65.2 Å². The van der Waals surface area contributed by atoms with Crippen LogP contribution in [0.3, 0.4) is 0 Å². The standard InChI is InChI=1S/C12H11NOSi/c14-15-13(11-7-3-1-4-8-11)12-9-5-2-6-10-12/h1-10,15H. The first kappa shape index (κ1) is 9.80. The van der Waals surface area contributed by atoms with Crippen LogP contribution in [0.5, 0.6) is 0 Å². The molecule has 0 atom stereocenters. The first-order valence-electron chi connectivity index (χ1n) is 4.76. The van der Waals surface area contributed by atoms with Gasteiger partial charge in [0.25, 0.3) is 0 Å². The third-order valence-corrected chi connectivity index (χ3v) is 2.98. The van der Waals surface area contributed by atoms with Crippen LogP contribution in [0.15, 0.2) is 60.7 Å². The van der Waals surface area contributed by atoms with Crippen LogP contribution in [-0.2, 0) is 4.46 Å². The zero-order chi connectivity index (χ0) is 10.5. The molecule has 0 amide bonds. The number of hydrogen-bond donors (Lipinski definition) is 0. The summed E-state index contributed by atoms with van der Waals surface area (Å²) in [6, 6.07) is 19.5. The Morgan fingerprint density at radius 2 is 1.13 bits per heavy atom. The van der Waals surface area contributed by atoms with Crippen molar-refractivity contribution < 1.29 is 4.46 Å². The number of benzene rings is 2. The van der Waals surface area contributed by atoms with Gasteiger partial charge in [0, 0.05) is 11.4 Å². The van der Waals surface area contributed by atoms with Gasteiger partial charge in [0.05, 0.1) is 0 Å². The molecule has 0 fully saturated rings. The second-order valence-electron chi connectivity index (χ2n) is 3.15. The highest BCUT2D eigenvalue weighted by Crippen LogP contribution is 2.21. The van der Waals surface area contributed by atoms with Crippen molar-refractivity contribution in [2.24, 2.45) is 0 Å². The molecule has 0 spiro atoms. The van der Waals surface area contributed by atoms with Crippen molar-refractivity contribution >= 4 is 20.9 Å². The normalized spacial score (nSPS) is 9.60. The minimum atomic E-state index is -0.999. The van der Waals surface area contributed by atoms with E-state index in [-0.39, 0.29) is 0 Å². The molecule has 2 rings (SSSR count). The van der Waals surface area contributed by atoms with Crippen molar-refractivity contribution in [2.45, 2.75) is 0 Å². The van der Waals surface area contributed by atoms with E-state index >= 15 is 0 Å². The topological polar surface area (TPSA) is 20.3 Å². The Hall–Kier alpha value is -1.74. The van der Waals surface area contributed by atoms with Crippen LogP contribution in [0.2, 0.25) is 0 Å². The fraction of sp³-hybridized carbons (Fsp3) is 0. The van der Waals surface area contributed by atoms with Crippen LogP contribution in [0.4, 0.5) is 11.4 Å². The molecule has 0 saturated heterocycles. The molecule has 0 bridgehead atoms. The molecule has 0 N–H and O–H groups in total. The first-order chi connectivity index (χ1) is 7.42. The number of hydrogen-bond acceptors (Lipinski definition) is 1. The molecule has 2 aromatic rings. The van der Waals surface area contributed by atoms with Crippen molar-refractivity contribution in [1.82, 2.24) is 0 Å². The van der Waals surface area contributed by atoms with Crippen molar-refractivity contribution in [1.29, 1.82) is 0 Å². The summed E-state index contributed by atoms with van der Waals surface area (Å²) in [6.45, 7) is 0. The van der Waals surface area contributed by atoms with Gasteiger partial charge >= 0.3 is 9.57 Å². The lowest BCUT2D eigenvalue weighted by atomic mass is 10.3. The first-order valence-corrected chi connectivity index (χ1v) is 5.75. The van der Waals surface area contributed by atoms with Crippen molar-refractivity contribution in [3.8, 4) is 0 Å². The molecule has 0 radical (unpaired) electrons. The predicted molar refractivity (Wildman–Crippen MR) is 62.9 cm³/mol. The minimum Gasteiger partial charge on any atom is -0.363 e. The van der Waals surface area contributed by atoms with Gasteiger partial charge in [0.2, 0.25) is 0 Å². The maximum atomic E-state index is 11.2. The largest absolute Gasteiger partial charge is 0.388 e. The summed E-state index contributed by atoms with van der Waals surface area (Å²) in [6.07, 6.45) is 0. The fourth-order valence-corrected chi connectivity index (χ4v) is 2.04. The Morgan fingerprint density at radius 1 is 0.733 bits per heavy atom. The average molecular weight is 213 g/mol. The molecule has 0 saturated carbocycles. The van der Waals surface area contributed by atoms with E-state index in [0.717, 1.165) is 11.4 Å². The van der Waals surface area contributed by atoms with Gasteiger partial charge in [-0.3, -0.25) is 0 Å². The van der Waals surface area contributed by atoms with Crippen LogP contribution in [0, 0.1) is 0 Å². The van der Waals surface area contributed by atoms with Crippen molar-refractivity contribution in [2.75, 3.05) is 4.57 Å². The van der Waals surface area contributed by atoms with E-state index in [1.165, 1.54) is 0 Å². The molecule has 74 valence electrons. The van der Waals surface area contributed by atoms with E-state index in [2.05, 4.69) is 0 Å². The maximum absolute atomic E-state index is 11.2. The van der Waals surface area contributed by atoms with Gasteiger partial charge in [0.1, 0.15) is 0 Å². The molecular formula is C12H11NOSi. The second-order valence-corrected chi connectivity index (χ2v) is 3.87. The van der Waals surface area contributed by atoms with E-state index in [1.54, 1.807) is 0 Å². The molecule has 3 heteroatoms. The van der Waals surface area contributed by atoms with E-state index in [9.17, 15) is 4.46 Å². The minimum absolute atomic E-state index is 0.966. The molecule has 0 aliphatic heterocycles. The van der Waals surface area contributed by atoms with Gasteiger partial charge < -0.3 is 9.03 Å². The molecule has 2 aromatic carbocycles. The fourth-order valence-electron chi connectivity index (χ4n) is 1.45. The lowest BCUT2D eigenvalue weighted by molar-refractivity contribution is 0.576. The Balaban J connectivity index is 2.38. The highest BCUT2D eigenvalue weighted by atomic mass is 28.2. The third kappa shape index (κ3) is 2.19. The molecule has 0 unspecified atom stereocenters. The van der Waals surface area contributed by atoms with E-state index in [4.69, 9.17) is 0 Å². The zero-order valence-electron chi connectivity index (χ0n) is 8.21. The highest BCUT2D eigenvalue weighted by Gasteiger charge is 2.06. The van der Waals surface area contributed by atoms with Gasteiger partial charge in [-0.2, -0.15) is 0 Å². The molecule has 0 heterocycles. The number of anilines is 2. The summed E-state index contributed by atoms with van der Waals surface area (Å²) < 4.78 is 13.1. The molecular weight excluding hydrogens is 202 g/mol. The van der Waals surface area contributed by atoms with E-state index in [0.29, 0.717) is 0 Å². The highest BCUT2D eigenvalue weighted by molar-refractivity contribution is 6.28. The SMILES string of the molecule is O=[SiH]N(c1ccccc1)c1ccccc1. The predicted octanol–water partition coefficient (Wildman–Crippen LogP) is 2.52. The van der Waals surface area contributed by atoms with Crippen LogP contribution in [-0.4, -0.2) is 9.57 Å². The molecule has 0 aliphatic rings. The summed E-state index contributed by atoms with van der Waals surface area (Å²) >= 11 is 0. The molecule has 0 aliphatic carbocycles. The average Bonchev–Trinajstić information content (AvgIpc) is 2.33. The Morgan fingerprint density at radius 3 is 1.47 bits per heavy atom. The van der Waals surface area contributed by atoms with Crippen molar-refractivity contribution in [3.63, 3.8) is 0 Å². The lowest BCUT2D eigenvalue weighted by Gasteiger charge is -2.17. The summed E-state index contributed by atoms with van der Waals surface area (Å²) in [5.41, 5.74) is 1.93. The van der Waals surface area contributed by atoms with Crippen LogP contribution in [0.25, 0.3) is 0 Å². The van der Waals surface area contributed by atoms with Gasteiger partial charge in [-0.15, -0.1) is 0 Å². The third-order valence-electron chi connectivity index (χ3n) is 2.17. The maximum Gasteiger partial charge on any atom is 0.388 e. The van der Waals surface area contributed by atoms with Crippen LogP contribution >= 0.6 is 0 Å². The molecule has 15 heavy (non-hydrogen) atoms. The quantitative estimate of drug-likeness (QED) is 0.730. The van der Waals surface area contributed by atoms with E-state index < -0.39 is 9.57 Å². The van der Waals surface area contributed by atoms with Crippen molar-refractivity contribution in [3.05, 3.63) is 60.7 Å². The summed E-state index contributed by atoms with van der Waals surface area (Å²) in [7, 11) is -0.999.